The molecule has 27 heavy (non-hydrogen) atoms. The summed E-state index contributed by atoms with van der Waals surface area (Å²) in [4.78, 5) is 45.7. The molecule has 0 spiro atoms. The van der Waals surface area contributed by atoms with Crippen LogP contribution in [0.15, 0.2) is 23.2 Å². The van der Waals surface area contributed by atoms with Gasteiger partial charge in [0.25, 0.3) is 5.91 Å². The lowest BCUT2D eigenvalue weighted by molar-refractivity contribution is -0.134. The van der Waals surface area contributed by atoms with Crippen LogP contribution in [-0.4, -0.2) is 76.8 Å². The van der Waals surface area contributed by atoms with Gasteiger partial charge < -0.3 is 15.1 Å². The SMILES string of the molecule is Cc1ccc(C)c(NC(=O)CSC2=N[C@H]3C(=O)N(C)C(=O)N(C)[C@H]3N2C)c1. The predicted octanol–water partition coefficient (Wildman–Crippen LogP) is 1.50. The van der Waals surface area contributed by atoms with Gasteiger partial charge in [0, 0.05) is 26.8 Å². The van der Waals surface area contributed by atoms with E-state index in [1.165, 1.54) is 23.7 Å². The van der Waals surface area contributed by atoms with Crippen molar-refractivity contribution >= 4 is 40.5 Å². The summed E-state index contributed by atoms with van der Waals surface area (Å²) >= 11 is 1.26. The molecule has 0 saturated carbocycles. The molecule has 2 atom stereocenters. The van der Waals surface area contributed by atoms with Crippen molar-refractivity contribution in [2.24, 2.45) is 4.99 Å². The second kappa shape index (κ2) is 7.22. The minimum absolute atomic E-state index is 0.146. The zero-order chi connectivity index (χ0) is 19.9. The number of aryl methyl sites for hydroxylation is 2. The molecule has 0 radical (unpaired) electrons. The van der Waals surface area contributed by atoms with E-state index in [0.717, 1.165) is 21.7 Å². The number of nitrogens with zero attached hydrogens (tertiary/aromatic N) is 4. The monoisotopic (exact) mass is 389 g/mol. The smallest absolute Gasteiger partial charge is 0.327 e. The van der Waals surface area contributed by atoms with Crippen molar-refractivity contribution in [1.82, 2.24) is 14.7 Å². The minimum Gasteiger partial charge on any atom is -0.331 e. The van der Waals surface area contributed by atoms with Crippen molar-refractivity contribution in [2.45, 2.75) is 26.1 Å². The van der Waals surface area contributed by atoms with E-state index in [1.807, 2.05) is 32.0 Å². The van der Waals surface area contributed by atoms with Crippen LogP contribution < -0.4 is 5.32 Å². The largest absolute Gasteiger partial charge is 0.331 e. The number of amidine groups is 1. The Balaban J connectivity index is 1.66. The number of imide groups is 1. The highest BCUT2D eigenvalue weighted by Gasteiger charge is 2.49. The molecule has 2 heterocycles. The van der Waals surface area contributed by atoms with Gasteiger partial charge in [-0.15, -0.1) is 0 Å². The molecule has 2 aliphatic rings. The van der Waals surface area contributed by atoms with E-state index in [0.29, 0.717) is 5.17 Å². The number of urea groups is 1. The Morgan fingerprint density at radius 3 is 2.59 bits per heavy atom. The highest BCUT2D eigenvalue weighted by molar-refractivity contribution is 8.14. The van der Waals surface area contributed by atoms with Gasteiger partial charge in [-0.3, -0.25) is 14.5 Å². The van der Waals surface area contributed by atoms with Gasteiger partial charge in [0.2, 0.25) is 5.91 Å². The summed E-state index contributed by atoms with van der Waals surface area (Å²) in [6, 6.07) is 4.87. The van der Waals surface area contributed by atoms with Crippen LogP contribution in [0.3, 0.4) is 0 Å². The first kappa shape index (κ1) is 19.2. The Labute approximate surface area is 162 Å². The third kappa shape index (κ3) is 3.51. The summed E-state index contributed by atoms with van der Waals surface area (Å²) < 4.78 is 0. The fraction of sp³-hybridized carbons (Fsp3) is 0.444. The van der Waals surface area contributed by atoms with Crippen LogP contribution >= 0.6 is 11.8 Å². The average Bonchev–Trinajstić information content (AvgIpc) is 2.96. The number of nitrogens with one attached hydrogen (secondary N) is 1. The van der Waals surface area contributed by atoms with E-state index in [4.69, 9.17) is 0 Å². The number of hydrogen-bond donors (Lipinski definition) is 1. The number of carbonyl (C=O) groups is 3. The Bertz CT molecular complexity index is 840. The highest BCUT2D eigenvalue weighted by atomic mass is 32.2. The minimum atomic E-state index is -0.660. The third-order valence-corrected chi connectivity index (χ3v) is 5.86. The molecule has 0 aliphatic carbocycles. The van der Waals surface area contributed by atoms with E-state index in [9.17, 15) is 14.4 Å². The number of hydrogen-bond acceptors (Lipinski definition) is 6. The summed E-state index contributed by atoms with van der Waals surface area (Å²) in [6.45, 7) is 3.91. The maximum Gasteiger partial charge on any atom is 0.327 e. The maximum absolute atomic E-state index is 12.4. The van der Waals surface area contributed by atoms with E-state index in [-0.39, 0.29) is 23.6 Å². The number of amides is 4. The quantitative estimate of drug-likeness (QED) is 0.847. The lowest BCUT2D eigenvalue weighted by atomic mass is 10.1. The summed E-state index contributed by atoms with van der Waals surface area (Å²) in [7, 11) is 4.88. The van der Waals surface area contributed by atoms with Crippen LogP contribution in [0.2, 0.25) is 0 Å². The summed E-state index contributed by atoms with van der Waals surface area (Å²) in [5, 5.41) is 3.48. The highest BCUT2D eigenvalue weighted by Crippen LogP contribution is 2.29. The Kier molecular flexibility index (Phi) is 5.14. The zero-order valence-electron chi connectivity index (χ0n) is 16.0. The summed E-state index contributed by atoms with van der Waals surface area (Å²) in [5.74, 6) is -0.310. The second-order valence-corrected chi connectivity index (χ2v) is 7.77. The molecule has 1 fully saturated rings. The van der Waals surface area contributed by atoms with E-state index in [1.54, 1.807) is 19.0 Å². The molecular weight excluding hydrogens is 366 g/mol. The van der Waals surface area contributed by atoms with Gasteiger partial charge in [0.15, 0.2) is 11.2 Å². The first-order chi connectivity index (χ1) is 12.7. The van der Waals surface area contributed by atoms with Crippen molar-refractivity contribution in [3.8, 4) is 0 Å². The van der Waals surface area contributed by atoms with Gasteiger partial charge >= 0.3 is 6.03 Å². The van der Waals surface area contributed by atoms with Crippen LogP contribution in [-0.2, 0) is 9.59 Å². The molecule has 4 amide bonds. The van der Waals surface area contributed by atoms with E-state index >= 15 is 0 Å². The van der Waals surface area contributed by atoms with Gasteiger partial charge in [-0.25, -0.2) is 9.79 Å². The fourth-order valence-corrected chi connectivity index (χ4v) is 4.06. The van der Waals surface area contributed by atoms with Crippen LogP contribution in [0.4, 0.5) is 10.5 Å². The van der Waals surface area contributed by atoms with E-state index < -0.39 is 12.2 Å². The van der Waals surface area contributed by atoms with Crippen molar-refractivity contribution in [2.75, 3.05) is 32.2 Å². The number of benzene rings is 1. The second-order valence-electron chi connectivity index (χ2n) is 6.83. The van der Waals surface area contributed by atoms with Crippen molar-refractivity contribution in [3.05, 3.63) is 29.3 Å². The average molecular weight is 389 g/mol. The molecule has 3 rings (SSSR count). The number of thioether (sulfide) groups is 1. The zero-order valence-corrected chi connectivity index (χ0v) is 16.8. The molecule has 1 saturated heterocycles. The van der Waals surface area contributed by atoms with Crippen molar-refractivity contribution in [3.63, 3.8) is 0 Å². The molecule has 1 aromatic carbocycles. The van der Waals surface area contributed by atoms with Crippen LogP contribution in [0.25, 0.3) is 0 Å². The number of aliphatic imine (C=N–C) groups is 1. The molecule has 2 aliphatic heterocycles. The number of fused-ring (bicyclic) bond motifs is 1. The van der Waals surface area contributed by atoms with Gasteiger partial charge in [0.05, 0.1) is 5.75 Å². The number of anilines is 1. The lowest BCUT2D eigenvalue weighted by Gasteiger charge is -2.40. The van der Waals surface area contributed by atoms with Crippen molar-refractivity contribution in [1.29, 1.82) is 0 Å². The first-order valence-electron chi connectivity index (χ1n) is 8.55. The van der Waals surface area contributed by atoms with Crippen LogP contribution in [0.1, 0.15) is 11.1 Å². The Hall–Kier alpha value is -2.55. The van der Waals surface area contributed by atoms with Gasteiger partial charge in [-0.2, -0.15) is 0 Å². The topological polar surface area (TPSA) is 85.3 Å². The molecule has 0 unspecified atom stereocenters. The van der Waals surface area contributed by atoms with Crippen LogP contribution in [0.5, 0.6) is 0 Å². The predicted molar refractivity (Wildman–Crippen MR) is 106 cm³/mol. The van der Waals surface area contributed by atoms with E-state index in [2.05, 4.69) is 10.3 Å². The maximum atomic E-state index is 12.4. The molecule has 0 aromatic heterocycles. The molecular formula is C18H23N5O3S. The summed E-state index contributed by atoms with van der Waals surface area (Å²) in [6.07, 6.45) is -0.453. The number of likely N-dealkylation sites (N-methyl/N-ethyl adjacent to an activating group) is 3. The Morgan fingerprint density at radius 1 is 1.19 bits per heavy atom. The molecule has 1 aromatic rings. The number of rotatable bonds is 3. The normalized spacial score (nSPS) is 22.1. The van der Waals surface area contributed by atoms with Gasteiger partial charge in [-0.1, -0.05) is 23.9 Å². The van der Waals surface area contributed by atoms with Crippen LogP contribution in [0, 0.1) is 13.8 Å². The standard InChI is InChI=1S/C18H23N5O3S/c1-10-6-7-11(2)12(8-10)19-13(24)9-27-17-20-14-15(21(17)3)22(4)18(26)23(5)16(14)25/h6-8,14-15H,9H2,1-5H3,(H,19,24)/t14-,15-/m1/s1. The fourth-order valence-electron chi connectivity index (χ4n) is 3.22. The first-order valence-corrected chi connectivity index (χ1v) is 9.54. The lowest BCUT2D eigenvalue weighted by Crippen LogP contribution is -2.63. The molecule has 0 bridgehead atoms. The molecule has 9 heteroatoms. The van der Waals surface area contributed by atoms with Gasteiger partial charge in [0.1, 0.15) is 6.17 Å². The van der Waals surface area contributed by atoms with Gasteiger partial charge in [-0.05, 0) is 31.0 Å². The molecule has 1 N–H and O–H groups in total. The van der Waals surface area contributed by atoms with Crippen molar-refractivity contribution < 1.29 is 14.4 Å². The molecule has 8 nitrogen and oxygen atoms in total. The number of carbonyl (C=O) groups excluding carboxylic acids is 3. The third-order valence-electron chi connectivity index (χ3n) is 4.80. The Morgan fingerprint density at radius 2 is 1.89 bits per heavy atom. The summed E-state index contributed by atoms with van der Waals surface area (Å²) in [5.41, 5.74) is 2.86. The molecule has 144 valence electrons.